The lowest BCUT2D eigenvalue weighted by Gasteiger charge is -2.37. The first-order valence-electron chi connectivity index (χ1n) is 6.56. The molecule has 1 aromatic rings. The highest BCUT2D eigenvalue weighted by Gasteiger charge is 2.29. The van der Waals surface area contributed by atoms with Gasteiger partial charge in [0.25, 0.3) is 0 Å². The lowest BCUT2D eigenvalue weighted by molar-refractivity contribution is 0.147. The Morgan fingerprint density at radius 1 is 1.41 bits per heavy atom. The maximum absolute atomic E-state index is 3.72. The average Bonchev–Trinajstić information content (AvgIpc) is 2.83. The van der Waals surface area contributed by atoms with Crippen molar-refractivity contribution < 1.29 is 0 Å². The summed E-state index contributed by atoms with van der Waals surface area (Å²) in [6.45, 7) is 8.28. The van der Waals surface area contributed by atoms with Gasteiger partial charge >= 0.3 is 0 Å². The molecule has 3 heteroatoms. The van der Waals surface area contributed by atoms with Crippen LogP contribution < -0.4 is 0 Å². The zero-order chi connectivity index (χ0) is 12.3. The summed E-state index contributed by atoms with van der Waals surface area (Å²) in [5.41, 5.74) is 2.03. The molecule has 2 rings (SSSR count). The fourth-order valence-corrected chi connectivity index (χ4v) is 4.48. The maximum atomic E-state index is 3.72. The molecule has 96 valence electrons. The zero-order valence-electron chi connectivity index (χ0n) is 10.8. The summed E-state index contributed by atoms with van der Waals surface area (Å²) in [6, 6.07) is 2.31. The summed E-state index contributed by atoms with van der Waals surface area (Å²) < 4.78 is 0. The smallest absolute Gasteiger partial charge is 0.0245 e. The van der Waals surface area contributed by atoms with E-state index in [1.54, 1.807) is 10.4 Å². The van der Waals surface area contributed by atoms with Gasteiger partial charge in [0.05, 0.1) is 0 Å². The Morgan fingerprint density at radius 2 is 2.18 bits per heavy atom. The molecule has 2 heterocycles. The molecule has 0 aromatic carbocycles. The molecule has 0 atom stereocenters. The van der Waals surface area contributed by atoms with Crippen molar-refractivity contribution in [2.75, 3.05) is 18.4 Å². The predicted octanol–water partition coefficient (Wildman–Crippen LogP) is 4.31. The molecule has 0 radical (unpaired) electrons. The van der Waals surface area contributed by atoms with Gasteiger partial charge in [-0.15, -0.1) is 11.3 Å². The molecule has 0 amide bonds. The Balaban J connectivity index is 2.01. The first-order chi connectivity index (χ1) is 8.23. The molecule has 0 unspecified atom stereocenters. The number of halogens is 1. The molecule has 17 heavy (non-hydrogen) atoms. The van der Waals surface area contributed by atoms with Crippen molar-refractivity contribution in [1.29, 1.82) is 0 Å². The number of hydrogen-bond acceptors (Lipinski definition) is 2. The molecular weight excluding hydrogens is 294 g/mol. The highest BCUT2D eigenvalue weighted by atomic mass is 79.9. The van der Waals surface area contributed by atoms with E-state index in [1.807, 2.05) is 11.3 Å². The van der Waals surface area contributed by atoms with Crippen LogP contribution in [0.15, 0.2) is 11.4 Å². The van der Waals surface area contributed by atoms with Gasteiger partial charge < -0.3 is 0 Å². The van der Waals surface area contributed by atoms with E-state index in [1.165, 1.54) is 32.4 Å². The normalized spacial score (nSPS) is 17.1. The van der Waals surface area contributed by atoms with Crippen molar-refractivity contribution in [2.24, 2.45) is 5.41 Å². The molecule has 1 nitrogen and oxygen atoms in total. The van der Waals surface area contributed by atoms with Gasteiger partial charge in [0.1, 0.15) is 0 Å². The van der Waals surface area contributed by atoms with Crippen LogP contribution in [0.2, 0.25) is 0 Å². The van der Waals surface area contributed by atoms with Gasteiger partial charge in [-0.3, -0.25) is 4.90 Å². The minimum atomic E-state index is 0.466. The Labute approximate surface area is 117 Å². The zero-order valence-corrected chi connectivity index (χ0v) is 13.2. The molecule has 1 aromatic heterocycles. The summed E-state index contributed by atoms with van der Waals surface area (Å²) in [5.74, 6) is 0. The number of hydrogen-bond donors (Lipinski definition) is 0. The lowest BCUT2D eigenvalue weighted by Crippen LogP contribution is -2.40. The summed E-state index contributed by atoms with van der Waals surface area (Å²) >= 11 is 5.65. The molecule has 0 saturated carbocycles. The van der Waals surface area contributed by atoms with E-state index in [9.17, 15) is 0 Å². The largest absolute Gasteiger partial charge is 0.298 e. The van der Waals surface area contributed by atoms with Gasteiger partial charge in [-0.25, -0.2) is 0 Å². The third kappa shape index (κ3) is 2.94. The van der Waals surface area contributed by atoms with Gasteiger partial charge in [-0.05, 0) is 41.7 Å². The number of rotatable bonds is 5. The van der Waals surface area contributed by atoms with E-state index >= 15 is 0 Å². The Kier molecular flexibility index (Phi) is 4.67. The van der Waals surface area contributed by atoms with E-state index in [-0.39, 0.29) is 0 Å². The molecule has 0 bridgehead atoms. The van der Waals surface area contributed by atoms with Crippen LogP contribution >= 0.6 is 27.3 Å². The second-order valence-corrected chi connectivity index (χ2v) is 6.73. The molecule has 0 spiro atoms. The minimum Gasteiger partial charge on any atom is -0.298 e. The second kappa shape index (κ2) is 5.85. The molecule has 0 aliphatic carbocycles. The fraction of sp³-hybridized carbons (Fsp3) is 0.714. The van der Waals surface area contributed by atoms with Gasteiger partial charge in [-0.1, -0.05) is 29.8 Å². The monoisotopic (exact) mass is 315 g/mol. The van der Waals surface area contributed by atoms with Crippen LogP contribution in [0.5, 0.6) is 0 Å². The highest BCUT2D eigenvalue weighted by molar-refractivity contribution is 9.09. The van der Waals surface area contributed by atoms with Crippen molar-refractivity contribution >= 4 is 27.3 Å². The Hall–Kier alpha value is 0.140. The third-order valence-corrected chi connectivity index (χ3v) is 6.44. The molecule has 0 fully saturated rings. The minimum absolute atomic E-state index is 0.466. The Morgan fingerprint density at radius 3 is 2.82 bits per heavy atom. The van der Waals surface area contributed by atoms with Crippen LogP contribution in [-0.2, 0) is 13.0 Å². The van der Waals surface area contributed by atoms with Crippen LogP contribution in [-0.4, -0.2) is 23.3 Å². The van der Waals surface area contributed by atoms with Crippen LogP contribution in [0.1, 0.15) is 37.1 Å². The van der Waals surface area contributed by atoms with Crippen molar-refractivity contribution in [1.82, 2.24) is 4.90 Å². The number of alkyl halides is 1. The second-order valence-electron chi connectivity index (χ2n) is 5.17. The van der Waals surface area contributed by atoms with Crippen LogP contribution in [0, 0.1) is 5.41 Å². The van der Waals surface area contributed by atoms with Crippen molar-refractivity contribution in [3.05, 3.63) is 21.9 Å². The quantitative estimate of drug-likeness (QED) is 0.732. The van der Waals surface area contributed by atoms with E-state index in [0.717, 1.165) is 11.9 Å². The Bertz CT molecular complexity index is 349. The number of nitrogens with zero attached hydrogens (tertiary/aromatic N) is 1. The number of thiophene rings is 1. The maximum Gasteiger partial charge on any atom is 0.0245 e. The third-order valence-electron chi connectivity index (χ3n) is 4.23. The van der Waals surface area contributed by atoms with Gasteiger partial charge in [0.15, 0.2) is 0 Å². The van der Waals surface area contributed by atoms with Crippen molar-refractivity contribution in [3.8, 4) is 0 Å². The molecule has 0 N–H and O–H groups in total. The summed E-state index contributed by atoms with van der Waals surface area (Å²) in [7, 11) is 0. The topological polar surface area (TPSA) is 3.24 Å². The SMILES string of the molecule is CCC(CC)(CBr)CN1CCc2sccc2C1. The van der Waals surface area contributed by atoms with Gasteiger partial charge in [0.2, 0.25) is 0 Å². The predicted molar refractivity (Wildman–Crippen MR) is 80.1 cm³/mol. The highest BCUT2D eigenvalue weighted by Crippen LogP contribution is 2.32. The molecule has 1 aliphatic rings. The van der Waals surface area contributed by atoms with E-state index in [4.69, 9.17) is 0 Å². The van der Waals surface area contributed by atoms with Crippen molar-refractivity contribution in [3.63, 3.8) is 0 Å². The van der Waals surface area contributed by atoms with Crippen molar-refractivity contribution in [2.45, 2.75) is 39.7 Å². The van der Waals surface area contributed by atoms with E-state index in [0.29, 0.717) is 5.41 Å². The number of fused-ring (bicyclic) bond motifs is 1. The van der Waals surface area contributed by atoms with Gasteiger partial charge in [0, 0.05) is 29.8 Å². The molecular formula is C14H22BrNS. The fourth-order valence-electron chi connectivity index (χ4n) is 2.62. The van der Waals surface area contributed by atoms with Crippen LogP contribution in [0.3, 0.4) is 0 Å². The van der Waals surface area contributed by atoms with Crippen LogP contribution in [0.4, 0.5) is 0 Å². The summed E-state index contributed by atoms with van der Waals surface area (Å²) in [6.07, 6.45) is 3.78. The molecule has 1 aliphatic heterocycles. The summed E-state index contributed by atoms with van der Waals surface area (Å²) in [5, 5.41) is 3.37. The lowest BCUT2D eigenvalue weighted by atomic mass is 9.83. The van der Waals surface area contributed by atoms with Gasteiger partial charge in [-0.2, -0.15) is 0 Å². The first-order valence-corrected chi connectivity index (χ1v) is 8.56. The van der Waals surface area contributed by atoms with E-state index < -0.39 is 0 Å². The summed E-state index contributed by atoms with van der Waals surface area (Å²) in [4.78, 5) is 4.25. The molecule has 0 saturated heterocycles. The van der Waals surface area contributed by atoms with Crippen LogP contribution in [0.25, 0.3) is 0 Å². The first kappa shape index (κ1) is 13.6. The van der Waals surface area contributed by atoms with E-state index in [2.05, 4.69) is 46.1 Å². The standard InChI is InChI=1S/C14H22BrNS/c1-3-14(4-2,10-15)11-16-7-5-13-12(9-16)6-8-17-13/h6,8H,3-5,7,9-11H2,1-2H3. The average molecular weight is 316 g/mol.